The van der Waals surface area contributed by atoms with E-state index >= 15 is 0 Å². The average molecular weight is 101 g/mol. The van der Waals surface area contributed by atoms with Crippen LogP contribution in [0.3, 0.4) is 0 Å². The third kappa shape index (κ3) is 10.7. The van der Waals surface area contributed by atoms with Crippen LogP contribution in [0.1, 0.15) is 19.8 Å². The first-order valence-electron chi connectivity index (χ1n) is 2.89. The molecule has 1 rings (SSSR count). The monoisotopic (exact) mass is 101 g/mol. The summed E-state index contributed by atoms with van der Waals surface area (Å²) in [4.78, 5) is 0. The standard InChI is InChI=1S/C4H8.C2H7N/c1-4-2-3-4;1-3-2/h4H,2-3H2,1H3;3H,1-2H3. The molecular weight excluding hydrogens is 86.1 g/mol. The first-order valence-corrected chi connectivity index (χ1v) is 2.89. The van der Waals surface area contributed by atoms with Gasteiger partial charge in [0.2, 0.25) is 0 Å². The molecule has 1 saturated carbocycles. The zero-order valence-corrected chi connectivity index (χ0v) is 5.49. The second kappa shape index (κ2) is 4.13. The van der Waals surface area contributed by atoms with Crippen molar-refractivity contribution in [3.63, 3.8) is 0 Å². The first-order chi connectivity index (χ1) is 3.31. The fourth-order valence-corrected chi connectivity index (χ4v) is 0.167. The van der Waals surface area contributed by atoms with E-state index in [9.17, 15) is 0 Å². The van der Waals surface area contributed by atoms with Gasteiger partial charge in [-0.3, -0.25) is 0 Å². The Hall–Kier alpha value is -0.0400. The molecule has 1 aliphatic carbocycles. The molecular formula is C6H15N. The van der Waals surface area contributed by atoms with Gasteiger partial charge in [-0.2, -0.15) is 0 Å². The topological polar surface area (TPSA) is 12.0 Å². The molecule has 0 aromatic heterocycles. The van der Waals surface area contributed by atoms with Gasteiger partial charge in [-0.1, -0.05) is 19.8 Å². The van der Waals surface area contributed by atoms with Crippen molar-refractivity contribution in [3.8, 4) is 0 Å². The molecule has 1 fully saturated rings. The van der Waals surface area contributed by atoms with Crippen LogP contribution < -0.4 is 5.32 Å². The molecule has 1 heteroatoms. The highest BCUT2D eigenvalue weighted by Crippen LogP contribution is 2.26. The molecule has 0 radical (unpaired) electrons. The zero-order valence-electron chi connectivity index (χ0n) is 5.49. The SMILES string of the molecule is CC1CC1.CNC. The van der Waals surface area contributed by atoms with Crippen molar-refractivity contribution in [2.24, 2.45) is 5.92 Å². The molecule has 0 aromatic carbocycles. The smallest absolute Gasteiger partial charge is 0.0167 e. The van der Waals surface area contributed by atoms with Crippen molar-refractivity contribution in [3.05, 3.63) is 0 Å². The van der Waals surface area contributed by atoms with Crippen molar-refractivity contribution < 1.29 is 0 Å². The summed E-state index contributed by atoms with van der Waals surface area (Å²) in [5.41, 5.74) is 0. The molecule has 0 spiro atoms. The normalized spacial score (nSPS) is 17.6. The second-order valence-corrected chi connectivity index (χ2v) is 2.18. The Balaban J connectivity index is 0.000000110. The predicted molar refractivity (Wildman–Crippen MR) is 33.4 cm³/mol. The Labute approximate surface area is 46.1 Å². The molecule has 0 heterocycles. The Bertz CT molecular complexity index is 31.2. The average Bonchev–Trinajstić information content (AvgIpc) is 2.25. The number of nitrogens with one attached hydrogen (secondary N) is 1. The summed E-state index contributed by atoms with van der Waals surface area (Å²) in [6, 6.07) is 0. The minimum Gasteiger partial charge on any atom is -0.323 e. The Morgan fingerprint density at radius 3 is 1.43 bits per heavy atom. The third-order valence-corrected chi connectivity index (χ3v) is 0.866. The van der Waals surface area contributed by atoms with Crippen LogP contribution in [0.4, 0.5) is 0 Å². The molecule has 0 aromatic rings. The molecule has 0 bridgehead atoms. The van der Waals surface area contributed by atoms with E-state index in [2.05, 4.69) is 12.2 Å². The van der Waals surface area contributed by atoms with Crippen LogP contribution in [-0.2, 0) is 0 Å². The second-order valence-electron chi connectivity index (χ2n) is 2.18. The van der Waals surface area contributed by atoms with Crippen LogP contribution in [0.2, 0.25) is 0 Å². The van der Waals surface area contributed by atoms with Crippen molar-refractivity contribution >= 4 is 0 Å². The summed E-state index contributed by atoms with van der Waals surface area (Å²) in [6.07, 6.45) is 2.97. The van der Waals surface area contributed by atoms with Gasteiger partial charge in [-0.05, 0) is 20.0 Å². The van der Waals surface area contributed by atoms with E-state index in [1.165, 1.54) is 12.8 Å². The fraction of sp³-hybridized carbons (Fsp3) is 1.00. The highest BCUT2D eigenvalue weighted by Gasteiger charge is 2.12. The highest BCUT2D eigenvalue weighted by molar-refractivity contribution is 4.65. The Morgan fingerprint density at radius 1 is 1.29 bits per heavy atom. The highest BCUT2D eigenvalue weighted by atomic mass is 14.7. The lowest BCUT2D eigenvalue weighted by atomic mass is 10.5. The molecule has 0 atom stereocenters. The molecule has 0 unspecified atom stereocenters. The summed E-state index contributed by atoms with van der Waals surface area (Å²) in [6.45, 7) is 2.28. The maximum atomic E-state index is 2.75. The molecule has 1 N–H and O–H groups in total. The summed E-state index contributed by atoms with van der Waals surface area (Å²) >= 11 is 0. The number of rotatable bonds is 0. The van der Waals surface area contributed by atoms with Gasteiger partial charge in [0.15, 0.2) is 0 Å². The molecule has 1 nitrogen and oxygen atoms in total. The van der Waals surface area contributed by atoms with Crippen LogP contribution in [0.5, 0.6) is 0 Å². The van der Waals surface area contributed by atoms with Gasteiger partial charge in [0.05, 0.1) is 0 Å². The van der Waals surface area contributed by atoms with Gasteiger partial charge >= 0.3 is 0 Å². The van der Waals surface area contributed by atoms with Gasteiger partial charge in [-0.15, -0.1) is 0 Å². The third-order valence-electron chi connectivity index (χ3n) is 0.866. The summed E-state index contributed by atoms with van der Waals surface area (Å²) < 4.78 is 0. The molecule has 0 amide bonds. The van der Waals surface area contributed by atoms with Crippen molar-refractivity contribution in [2.75, 3.05) is 14.1 Å². The van der Waals surface area contributed by atoms with E-state index in [1.807, 2.05) is 14.1 Å². The van der Waals surface area contributed by atoms with E-state index in [4.69, 9.17) is 0 Å². The van der Waals surface area contributed by atoms with Crippen molar-refractivity contribution in [1.82, 2.24) is 5.32 Å². The van der Waals surface area contributed by atoms with Gasteiger partial charge in [0.25, 0.3) is 0 Å². The number of hydrogen-bond acceptors (Lipinski definition) is 1. The van der Waals surface area contributed by atoms with Gasteiger partial charge in [0, 0.05) is 0 Å². The van der Waals surface area contributed by atoms with Crippen LogP contribution in [0.25, 0.3) is 0 Å². The minimum absolute atomic E-state index is 1.08. The summed E-state index contributed by atoms with van der Waals surface area (Å²) in [7, 11) is 3.75. The van der Waals surface area contributed by atoms with Crippen molar-refractivity contribution in [2.45, 2.75) is 19.8 Å². The zero-order chi connectivity index (χ0) is 5.70. The largest absolute Gasteiger partial charge is 0.323 e. The van der Waals surface area contributed by atoms with Gasteiger partial charge < -0.3 is 5.32 Å². The maximum absolute atomic E-state index is 2.75. The van der Waals surface area contributed by atoms with Crippen LogP contribution >= 0.6 is 0 Å². The molecule has 1 aliphatic rings. The van der Waals surface area contributed by atoms with E-state index < -0.39 is 0 Å². The van der Waals surface area contributed by atoms with E-state index in [1.54, 1.807) is 0 Å². The van der Waals surface area contributed by atoms with Gasteiger partial charge in [0.1, 0.15) is 0 Å². The molecule has 0 saturated heterocycles. The van der Waals surface area contributed by atoms with E-state index in [0.29, 0.717) is 0 Å². The lowest BCUT2D eigenvalue weighted by Gasteiger charge is -1.59. The van der Waals surface area contributed by atoms with E-state index in [0.717, 1.165) is 5.92 Å². The van der Waals surface area contributed by atoms with Crippen LogP contribution in [-0.4, -0.2) is 14.1 Å². The first kappa shape index (κ1) is 6.96. The predicted octanol–water partition coefficient (Wildman–Crippen LogP) is 1.25. The minimum atomic E-state index is 1.08. The molecule has 7 heavy (non-hydrogen) atoms. The molecule has 0 aliphatic heterocycles. The van der Waals surface area contributed by atoms with Crippen molar-refractivity contribution in [1.29, 1.82) is 0 Å². The molecule has 44 valence electrons. The quantitative estimate of drug-likeness (QED) is 0.484. The summed E-state index contributed by atoms with van der Waals surface area (Å²) in [5, 5.41) is 2.75. The fourth-order valence-electron chi connectivity index (χ4n) is 0.167. The lowest BCUT2D eigenvalue weighted by Crippen LogP contribution is -1.89. The lowest BCUT2D eigenvalue weighted by molar-refractivity contribution is 0.983. The van der Waals surface area contributed by atoms with Crippen LogP contribution in [0.15, 0.2) is 0 Å². The van der Waals surface area contributed by atoms with Crippen LogP contribution in [0, 0.1) is 5.92 Å². The Morgan fingerprint density at radius 2 is 1.43 bits per heavy atom. The summed E-state index contributed by atoms with van der Waals surface area (Å²) in [5.74, 6) is 1.08. The Kier molecular flexibility index (Phi) is 4.10. The van der Waals surface area contributed by atoms with Gasteiger partial charge in [-0.25, -0.2) is 0 Å². The maximum Gasteiger partial charge on any atom is -0.0167 e. The van der Waals surface area contributed by atoms with E-state index in [-0.39, 0.29) is 0 Å². The number of hydrogen-bond donors (Lipinski definition) is 1.